The second kappa shape index (κ2) is 5.87. The largest absolute Gasteiger partial charge is 0.389 e. The fraction of sp³-hybridized carbons (Fsp3) is 0.467. The lowest BCUT2D eigenvalue weighted by Gasteiger charge is -2.32. The Labute approximate surface area is 123 Å². The minimum absolute atomic E-state index is 0.112. The number of nitrogens with one attached hydrogen (secondary N) is 1. The zero-order valence-electron chi connectivity index (χ0n) is 11.5. The average molecular weight is 294 g/mol. The SMILES string of the molecule is CC1(C(=O)Nc2ccc(C(N)=S)cc2F)CCCCC1. The number of carbonyl (C=O) groups is 1. The molecule has 0 bridgehead atoms. The van der Waals surface area contributed by atoms with Crippen LogP contribution in [0.4, 0.5) is 10.1 Å². The number of anilines is 1. The minimum atomic E-state index is -0.511. The lowest BCUT2D eigenvalue weighted by molar-refractivity contribution is -0.126. The van der Waals surface area contributed by atoms with Gasteiger partial charge in [-0.15, -0.1) is 0 Å². The average Bonchev–Trinajstić information content (AvgIpc) is 2.41. The molecular formula is C15H19FN2OS. The highest BCUT2D eigenvalue weighted by molar-refractivity contribution is 7.80. The van der Waals surface area contributed by atoms with Gasteiger partial charge in [0.2, 0.25) is 5.91 Å². The lowest BCUT2D eigenvalue weighted by Crippen LogP contribution is -2.35. The van der Waals surface area contributed by atoms with Crippen molar-refractivity contribution in [1.82, 2.24) is 0 Å². The van der Waals surface area contributed by atoms with E-state index in [9.17, 15) is 9.18 Å². The van der Waals surface area contributed by atoms with Crippen LogP contribution in [-0.2, 0) is 4.79 Å². The summed E-state index contributed by atoms with van der Waals surface area (Å²) in [6, 6.07) is 4.37. The number of hydrogen-bond acceptors (Lipinski definition) is 2. The second-order valence-corrected chi connectivity index (χ2v) is 6.07. The smallest absolute Gasteiger partial charge is 0.230 e. The third kappa shape index (κ3) is 3.15. The molecule has 1 aliphatic carbocycles. The van der Waals surface area contributed by atoms with Crippen molar-refractivity contribution >= 4 is 28.8 Å². The van der Waals surface area contributed by atoms with Crippen LogP contribution in [0.5, 0.6) is 0 Å². The maximum absolute atomic E-state index is 13.9. The number of benzene rings is 1. The van der Waals surface area contributed by atoms with Crippen LogP contribution in [0.3, 0.4) is 0 Å². The third-order valence-electron chi connectivity index (χ3n) is 4.01. The normalized spacial score (nSPS) is 17.5. The van der Waals surface area contributed by atoms with Gasteiger partial charge in [0.25, 0.3) is 0 Å². The molecule has 5 heteroatoms. The van der Waals surface area contributed by atoms with Gasteiger partial charge in [-0.3, -0.25) is 4.79 Å². The number of hydrogen-bond donors (Lipinski definition) is 2. The molecule has 0 aromatic heterocycles. The molecule has 1 amide bonds. The second-order valence-electron chi connectivity index (χ2n) is 5.63. The number of amides is 1. The molecule has 2 rings (SSSR count). The van der Waals surface area contributed by atoms with Gasteiger partial charge in [0, 0.05) is 11.0 Å². The molecule has 0 saturated heterocycles. The van der Waals surface area contributed by atoms with Gasteiger partial charge in [0.15, 0.2) is 0 Å². The zero-order valence-corrected chi connectivity index (χ0v) is 12.4. The van der Waals surface area contributed by atoms with Crippen LogP contribution in [0.1, 0.15) is 44.6 Å². The maximum Gasteiger partial charge on any atom is 0.230 e. The molecule has 108 valence electrons. The van der Waals surface area contributed by atoms with Crippen molar-refractivity contribution in [2.45, 2.75) is 39.0 Å². The van der Waals surface area contributed by atoms with E-state index in [1.54, 1.807) is 6.07 Å². The van der Waals surface area contributed by atoms with Crippen LogP contribution < -0.4 is 11.1 Å². The van der Waals surface area contributed by atoms with E-state index in [1.165, 1.54) is 18.6 Å². The van der Waals surface area contributed by atoms with Crippen LogP contribution in [-0.4, -0.2) is 10.9 Å². The third-order valence-corrected chi connectivity index (χ3v) is 4.24. The van der Waals surface area contributed by atoms with Gasteiger partial charge < -0.3 is 11.1 Å². The Morgan fingerprint density at radius 1 is 1.35 bits per heavy atom. The molecule has 3 nitrogen and oxygen atoms in total. The van der Waals surface area contributed by atoms with E-state index in [0.29, 0.717) is 5.56 Å². The van der Waals surface area contributed by atoms with E-state index in [-0.39, 0.29) is 16.6 Å². The quantitative estimate of drug-likeness (QED) is 0.840. The number of rotatable bonds is 3. The van der Waals surface area contributed by atoms with Crippen molar-refractivity contribution in [3.63, 3.8) is 0 Å². The molecular weight excluding hydrogens is 275 g/mol. The van der Waals surface area contributed by atoms with Crippen LogP contribution in [0.25, 0.3) is 0 Å². The van der Waals surface area contributed by atoms with Gasteiger partial charge >= 0.3 is 0 Å². The molecule has 1 fully saturated rings. The van der Waals surface area contributed by atoms with Gasteiger partial charge in [-0.05, 0) is 31.0 Å². The first-order chi connectivity index (χ1) is 9.42. The van der Waals surface area contributed by atoms with Crippen LogP contribution in [0.2, 0.25) is 0 Å². The standard InChI is InChI=1S/C15H19FN2OS/c1-15(7-3-2-4-8-15)14(19)18-12-6-5-10(13(17)20)9-11(12)16/h5-6,9H,2-4,7-8H2,1H3,(H2,17,20)(H,18,19). The van der Waals surface area contributed by atoms with E-state index in [0.717, 1.165) is 25.7 Å². The van der Waals surface area contributed by atoms with Crippen LogP contribution >= 0.6 is 12.2 Å². The summed E-state index contributed by atoms with van der Waals surface area (Å²) in [6.45, 7) is 1.95. The zero-order chi connectivity index (χ0) is 14.8. The first-order valence-electron chi connectivity index (χ1n) is 6.83. The van der Waals surface area contributed by atoms with E-state index in [2.05, 4.69) is 5.32 Å². The predicted octanol–water partition coefficient (Wildman–Crippen LogP) is 3.37. The summed E-state index contributed by atoms with van der Waals surface area (Å²) in [4.78, 5) is 12.5. The summed E-state index contributed by atoms with van der Waals surface area (Å²) in [5.74, 6) is -0.623. The van der Waals surface area contributed by atoms with Gasteiger partial charge in [-0.2, -0.15) is 0 Å². The van der Waals surface area contributed by atoms with Crippen molar-refractivity contribution in [3.8, 4) is 0 Å². The molecule has 0 unspecified atom stereocenters. The van der Waals surface area contributed by atoms with Gasteiger partial charge in [0.05, 0.1) is 5.69 Å². The summed E-state index contributed by atoms with van der Waals surface area (Å²) in [5, 5.41) is 2.69. The van der Waals surface area contributed by atoms with Gasteiger partial charge in [0.1, 0.15) is 10.8 Å². The highest BCUT2D eigenvalue weighted by atomic mass is 32.1. The molecule has 20 heavy (non-hydrogen) atoms. The van der Waals surface area contributed by atoms with Crippen LogP contribution in [0, 0.1) is 11.2 Å². The molecule has 0 aliphatic heterocycles. The molecule has 3 N–H and O–H groups in total. The number of thiocarbonyl (C=S) groups is 1. The van der Waals surface area contributed by atoms with E-state index >= 15 is 0 Å². The van der Waals surface area contributed by atoms with Crippen LogP contribution in [0.15, 0.2) is 18.2 Å². The first kappa shape index (κ1) is 14.9. The van der Waals surface area contributed by atoms with E-state index in [4.69, 9.17) is 18.0 Å². The fourth-order valence-electron chi connectivity index (χ4n) is 2.60. The summed E-state index contributed by atoms with van der Waals surface area (Å²) in [7, 11) is 0. The van der Waals surface area contributed by atoms with Crippen molar-refractivity contribution in [3.05, 3.63) is 29.6 Å². The molecule has 0 atom stereocenters. The highest BCUT2D eigenvalue weighted by Crippen LogP contribution is 2.36. The lowest BCUT2D eigenvalue weighted by atomic mass is 9.75. The molecule has 1 aromatic carbocycles. The monoisotopic (exact) mass is 294 g/mol. The maximum atomic E-state index is 13.9. The Morgan fingerprint density at radius 2 is 2.00 bits per heavy atom. The topological polar surface area (TPSA) is 55.1 Å². The Kier molecular flexibility index (Phi) is 4.38. The highest BCUT2D eigenvalue weighted by Gasteiger charge is 2.34. The van der Waals surface area contributed by atoms with E-state index < -0.39 is 11.2 Å². The number of halogens is 1. The Bertz CT molecular complexity index is 539. The van der Waals surface area contributed by atoms with Gasteiger partial charge in [-0.25, -0.2) is 4.39 Å². The predicted molar refractivity (Wildman–Crippen MR) is 82.1 cm³/mol. The Balaban J connectivity index is 2.13. The van der Waals surface area contributed by atoms with Crippen molar-refractivity contribution in [2.24, 2.45) is 11.1 Å². The summed E-state index contributed by atoms with van der Waals surface area (Å²) in [5.41, 5.74) is 5.69. The molecule has 1 aromatic rings. The van der Waals surface area contributed by atoms with Crippen molar-refractivity contribution in [1.29, 1.82) is 0 Å². The first-order valence-corrected chi connectivity index (χ1v) is 7.24. The summed E-state index contributed by atoms with van der Waals surface area (Å²) in [6.07, 6.45) is 4.97. The molecule has 0 heterocycles. The Hall–Kier alpha value is -1.49. The molecule has 0 spiro atoms. The van der Waals surface area contributed by atoms with Crippen molar-refractivity contribution < 1.29 is 9.18 Å². The molecule has 1 saturated carbocycles. The number of carbonyl (C=O) groups excluding carboxylic acids is 1. The fourth-order valence-corrected chi connectivity index (χ4v) is 2.73. The summed E-state index contributed by atoms with van der Waals surface area (Å²) >= 11 is 4.80. The minimum Gasteiger partial charge on any atom is -0.389 e. The number of nitrogens with two attached hydrogens (primary N) is 1. The molecule has 0 radical (unpaired) electrons. The summed E-state index contributed by atoms with van der Waals surface area (Å²) < 4.78 is 13.9. The Morgan fingerprint density at radius 3 is 2.55 bits per heavy atom. The van der Waals surface area contributed by atoms with E-state index in [1.807, 2.05) is 6.92 Å². The van der Waals surface area contributed by atoms with Crippen molar-refractivity contribution in [2.75, 3.05) is 5.32 Å². The molecule has 1 aliphatic rings. The van der Waals surface area contributed by atoms with Gasteiger partial charge in [-0.1, -0.05) is 38.4 Å².